The molecule has 0 aromatic heterocycles. The second-order valence-corrected chi connectivity index (χ2v) is 7.38. The predicted octanol–water partition coefficient (Wildman–Crippen LogP) is 5.57. The van der Waals surface area contributed by atoms with E-state index in [9.17, 15) is 5.11 Å². The van der Waals surface area contributed by atoms with E-state index in [1.807, 2.05) is 0 Å². The van der Waals surface area contributed by atoms with Gasteiger partial charge in [-0.2, -0.15) is 0 Å². The van der Waals surface area contributed by atoms with Crippen LogP contribution in [0.4, 0.5) is 0 Å². The largest absolute Gasteiger partial charge is 0.508 e. The van der Waals surface area contributed by atoms with Crippen molar-refractivity contribution in [1.29, 1.82) is 0 Å². The van der Waals surface area contributed by atoms with Crippen LogP contribution in [0.15, 0.2) is 34.5 Å². The molecule has 1 fully saturated rings. The second-order valence-electron chi connectivity index (χ2n) is 6.84. The van der Waals surface area contributed by atoms with E-state index in [2.05, 4.69) is 39.1 Å². The summed E-state index contributed by atoms with van der Waals surface area (Å²) in [6.45, 7) is 8.36. The number of hydrogen-bond donors (Lipinski definition) is 2. The fraction of sp³-hybridized carbons (Fsp3) is 0.647. The molecule has 0 atom stereocenters. The minimum Gasteiger partial charge on any atom is -0.508 e. The van der Waals surface area contributed by atoms with Gasteiger partial charge in [0.15, 0.2) is 0 Å². The fourth-order valence-corrected chi connectivity index (χ4v) is 3.57. The zero-order chi connectivity index (χ0) is 14.0. The number of thiol groups is 1. The molecule has 0 bridgehead atoms. The Kier molecular flexibility index (Phi) is 4.50. The molecular weight excluding hydrogens is 252 g/mol. The van der Waals surface area contributed by atoms with Crippen LogP contribution in [0.2, 0.25) is 0 Å². The van der Waals surface area contributed by atoms with Crippen molar-refractivity contribution in [2.24, 2.45) is 11.3 Å². The van der Waals surface area contributed by atoms with Crippen molar-refractivity contribution in [3.63, 3.8) is 0 Å². The van der Waals surface area contributed by atoms with E-state index < -0.39 is 0 Å². The van der Waals surface area contributed by atoms with Crippen LogP contribution in [0.1, 0.15) is 58.8 Å². The minimum absolute atomic E-state index is 0.214. The number of aliphatic hydroxyl groups is 1. The SMILES string of the molecule is C=C(O)/C(=C\C1CCCC1)C1=C(S)CCC(C)(C)C1. The van der Waals surface area contributed by atoms with Crippen LogP contribution in [0, 0.1) is 11.3 Å². The fourth-order valence-electron chi connectivity index (χ4n) is 3.26. The third kappa shape index (κ3) is 3.68. The first-order valence-corrected chi connectivity index (χ1v) is 7.85. The lowest BCUT2D eigenvalue weighted by atomic mass is 9.74. The van der Waals surface area contributed by atoms with Crippen LogP contribution < -0.4 is 0 Å². The molecule has 0 aromatic rings. The van der Waals surface area contributed by atoms with Crippen LogP contribution >= 0.6 is 12.6 Å². The predicted molar refractivity (Wildman–Crippen MR) is 85.5 cm³/mol. The standard InChI is InChI=1S/C17H26OS/c1-12(18)14(10-13-6-4-5-7-13)15-11-17(2,3)9-8-16(15)19/h10,13,18-19H,1,4-9,11H2,2-3H3/b14-10+. The van der Waals surface area contributed by atoms with E-state index in [4.69, 9.17) is 0 Å². The van der Waals surface area contributed by atoms with Crippen molar-refractivity contribution in [2.45, 2.75) is 58.8 Å². The molecule has 1 nitrogen and oxygen atoms in total. The first-order chi connectivity index (χ1) is 8.89. The Morgan fingerprint density at radius 1 is 1.37 bits per heavy atom. The van der Waals surface area contributed by atoms with Crippen molar-refractivity contribution >= 4 is 12.6 Å². The summed E-state index contributed by atoms with van der Waals surface area (Å²) in [4.78, 5) is 1.14. The lowest BCUT2D eigenvalue weighted by molar-refractivity contribution is 0.318. The summed E-state index contributed by atoms with van der Waals surface area (Å²) in [7, 11) is 0. The van der Waals surface area contributed by atoms with E-state index in [1.165, 1.54) is 37.7 Å². The van der Waals surface area contributed by atoms with E-state index in [-0.39, 0.29) is 5.76 Å². The van der Waals surface area contributed by atoms with Gasteiger partial charge in [-0.1, -0.05) is 39.3 Å². The summed E-state index contributed by atoms with van der Waals surface area (Å²) in [5, 5.41) is 9.98. The van der Waals surface area contributed by atoms with E-state index >= 15 is 0 Å². The maximum absolute atomic E-state index is 9.98. The first kappa shape index (κ1) is 14.8. The molecular formula is C17H26OS. The average molecular weight is 278 g/mol. The average Bonchev–Trinajstić information content (AvgIpc) is 2.82. The highest BCUT2D eigenvalue weighted by molar-refractivity contribution is 7.84. The molecule has 2 heteroatoms. The highest BCUT2D eigenvalue weighted by Crippen LogP contribution is 2.44. The van der Waals surface area contributed by atoms with Gasteiger partial charge in [0.2, 0.25) is 0 Å². The van der Waals surface area contributed by atoms with Gasteiger partial charge in [-0.05, 0) is 53.9 Å². The summed E-state index contributed by atoms with van der Waals surface area (Å²) < 4.78 is 0. The molecule has 0 spiro atoms. The monoisotopic (exact) mass is 278 g/mol. The smallest absolute Gasteiger partial charge is 0.115 e. The van der Waals surface area contributed by atoms with Crippen molar-refractivity contribution in [3.8, 4) is 0 Å². The van der Waals surface area contributed by atoms with Gasteiger partial charge in [0.1, 0.15) is 5.76 Å². The molecule has 0 radical (unpaired) electrons. The second kappa shape index (κ2) is 5.78. The molecule has 0 amide bonds. The third-order valence-electron chi connectivity index (χ3n) is 4.48. The van der Waals surface area contributed by atoms with Crippen molar-refractivity contribution in [3.05, 3.63) is 34.5 Å². The van der Waals surface area contributed by atoms with Crippen molar-refractivity contribution in [1.82, 2.24) is 0 Å². The maximum Gasteiger partial charge on any atom is 0.115 e. The van der Waals surface area contributed by atoms with E-state index in [0.717, 1.165) is 23.3 Å². The summed E-state index contributed by atoms with van der Waals surface area (Å²) >= 11 is 4.65. The summed E-state index contributed by atoms with van der Waals surface area (Å²) in [5.74, 6) is 0.823. The minimum atomic E-state index is 0.214. The molecule has 0 saturated heterocycles. The normalized spacial score (nSPS) is 24.9. The Morgan fingerprint density at radius 2 is 2.00 bits per heavy atom. The molecule has 19 heavy (non-hydrogen) atoms. The van der Waals surface area contributed by atoms with E-state index in [1.54, 1.807) is 0 Å². The molecule has 2 aliphatic rings. The topological polar surface area (TPSA) is 20.2 Å². The molecule has 0 aliphatic heterocycles. The Hall–Kier alpha value is -0.630. The summed E-state index contributed by atoms with van der Waals surface area (Å²) in [5.41, 5.74) is 2.48. The summed E-state index contributed by atoms with van der Waals surface area (Å²) in [6.07, 6.45) is 10.5. The van der Waals surface area contributed by atoms with Gasteiger partial charge in [0, 0.05) is 5.57 Å². The van der Waals surface area contributed by atoms with Gasteiger partial charge in [0.25, 0.3) is 0 Å². The Morgan fingerprint density at radius 3 is 2.58 bits per heavy atom. The first-order valence-electron chi connectivity index (χ1n) is 7.40. The Balaban J connectivity index is 2.30. The molecule has 1 saturated carbocycles. The van der Waals surface area contributed by atoms with Gasteiger partial charge in [-0.15, -0.1) is 12.6 Å². The molecule has 2 aliphatic carbocycles. The zero-order valence-corrected chi connectivity index (χ0v) is 13.1. The van der Waals surface area contributed by atoms with Gasteiger partial charge >= 0.3 is 0 Å². The van der Waals surface area contributed by atoms with Crippen LogP contribution in [0.5, 0.6) is 0 Å². The van der Waals surface area contributed by atoms with Crippen molar-refractivity contribution in [2.75, 3.05) is 0 Å². The van der Waals surface area contributed by atoms with Crippen molar-refractivity contribution < 1.29 is 5.11 Å². The Labute approximate surface area is 122 Å². The Bertz CT molecular complexity index is 423. The number of aliphatic hydroxyl groups excluding tert-OH is 1. The molecule has 106 valence electrons. The number of hydrogen-bond acceptors (Lipinski definition) is 2. The number of rotatable bonds is 3. The maximum atomic E-state index is 9.98. The lowest BCUT2D eigenvalue weighted by Crippen LogP contribution is -2.19. The number of allylic oxidation sites excluding steroid dienone is 3. The molecule has 0 unspecified atom stereocenters. The van der Waals surface area contributed by atoms with Crippen LogP contribution in [0.25, 0.3) is 0 Å². The summed E-state index contributed by atoms with van der Waals surface area (Å²) in [6, 6.07) is 0. The van der Waals surface area contributed by atoms with Gasteiger partial charge in [-0.3, -0.25) is 0 Å². The van der Waals surface area contributed by atoms with Crippen LogP contribution in [-0.4, -0.2) is 5.11 Å². The molecule has 0 heterocycles. The highest BCUT2D eigenvalue weighted by Gasteiger charge is 2.29. The van der Waals surface area contributed by atoms with Gasteiger partial charge in [-0.25, -0.2) is 0 Å². The quantitative estimate of drug-likeness (QED) is 0.393. The van der Waals surface area contributed by atoms with Gasteiger partial charge < -0.3 is 5.11 Å². The molecule has 1 N–H and O–H groups in total. The zero-order valence-electron chi connectivity index (χ0n) is 12.2. The molecule has 0 aromatic carbocycles. The highest BCUT2D eigenvalue weighted by atomic mass is 32.1. The van der Waals surface area contributed by atoms with Crippen LogP contribution in [0.3, 0.4) is 0 Å². The van der Waals surface area contributed by atoms with Crippen LogP contribution in [-0.2, 0) is 0 Å². The molecule has 2 rings (SSSR count). The lowest BCUT2D eigenvalue weighted by Gasteiger charge is -2.33. The van der Waals surface area contributed by atoms with Gasteiger partial charge in [0.05, 0.1) is 0 Å². The third-order valence-corrected chi connectivity index (χ3v) is 4.97. The van der Waals surface area contributed by atoms with E-state index in [0.29, 0.717) is 11.3 Å².